The van der Waals surface area contributed by atoms with Crippen molar-refractivity contribution in [3.05, 3.63) is 215 Å². The summed E-state index contributed by atoms with van der Waals surface area (Å²) >= 11 is 0. The molecule has 0 heterocycles. The molecule has 20 heteroatoms. The van der Waals surface area contributed by atoms with Gasteiger partial charge in [0.2, 0.25) is 0 Å². The molecule has 0 spiro atoms. The van der Waals surface area contributed by atoms with Gasteiger partial charge in [-0.05, 0) is 53.6 Å². The topological polar surface area (TPSA) is 241 Å². The molecule has 4 N–H and O–H groups in total. The Labute approximate surface area is 601 Å². The van der Waals surface area contributed by atoms with Gasteiger partial charge in [-0.15, -0.1) is 0 Å². The standard InChI is InChI=1S/C42H46O11P2.C39H67NO6/c1-32-40(47-27-33-17-7-2-8-18-33)38(43)39(44)42(53-55(46,50-30-36-23-13-5-14-24-36)51-31-37-25-15-6-16-26-37)41(32)52-54(45,48-28-34-19-9-3-10-20-34)49-29-35-21-11-4-12-22-35;1-2-3-4-5-6-7-8-9-10-12-16-19-25-30-39(44)46-36(33-41)34-45-38(43)29-24-18-15-13-11-14-17-20-26-31-40-32-37(42)35-27-22-21-23-28-35/h2-26,32,38-44H,27-31H2,1H3;21-23,27-28,36,40-41H,2-20,24-26,29-34H2,1H3/t;36-/m.0/s1. The molecular formula is C81H113NO17P2. The van der Waals surface area contributed by atoms with E-state index in [1.165, 1.54) is 96.3 Å². The van der Waals surface area contributed by atoms with Crippen LogP contribution in [0.4, 0.5) is 0 Å². The number of ketones is 1. The fourth-order valence-corrected chi connectivity index (χ4v) is 14.5. The second-order valence-electron chi connectivity index (χ2n) is 26.0. The highest BCUT2D eigenvalue weighted by Gasteiger charge is 2.55. The molecular weight excluding hydrogens is 1320 g/mol. The molecule has 18 nitrogen and oxygen atoms in total. The Bertz CT molecular complexity index is 3120. The summed E-state index contributed by atoms with van der Waals surface area (Å²) in [5.74, 6) is -1.34. The van der Waals surface area contributed by atoms with E-state index in [1.54, 1.807) is 79.7 Å². The van der Waals surface area contributed by atoms with Crippen molar-refractivity contribution in [3.8, 4) is 0 Å². The minimum absolute atomic E-state index is 0.0848. The minimum atomic E-state index is -4.58. The second-order valence-corrected chi connectivity index (χ2v) is 29.3. The number of esters is 2. The minimum Gasteiger partial charge on any atom is -0.462 e. The van der Waals surface area contributed by atoms with Crippen LogP contribution in [0.25, 0.3) is 0 Å². The maximum absolute atomic E-state index is 14.7. The number of unbranched alkanes of at least 4 members (excludes halogenated alkanes) is 20. The van der Waals surface area contributed by atoms with Gasteiger partial charge >= 0.3 is 27.6 Å². The molecule has 0 amide bonds. The summed E-state index contributed by atoms with van der Waals surface area (Å²) in [6, 6.07) is 54.9. The molecule has 101 heavy (non-hydrogen) atoms. The van der Waals surface area contributed by atoms with Crippen LogP contribution in [0.1, 0.15) is 206 Å². The number of carbonyl (C=O) groups excluding carboxylic acids is 3. The van der Waals surface area contributed by atoms with Crippen LogP contribution in [-0.2, 0) is 93.1 Å². The number of ether oxygens (including phenoxy) is 3. The van der Waals surface area contributed by atoms with Gasteiger partial charge in [0.05, 0.1) is 52.3 Å². The summed E-state index contributed by atoms with van der Waals surface area (Å²) < 4.78 is 82.3. The molecule has 1 saturated carbocycles. The van der Waals surface area contributed by atoms with E-state index < -0.39 is 58.2 Å². The molecule has 0 bridgehead atoms. The van der Waals surface area contributed by atoms with Gasteiger partial charge < -0.3 is 34.8 Å². The van der Waals surface area contributed by atoms with E-state index in [-0.39, 0.29) is 64.0 Å². The molecule has 7 rings (SSSR count). The van der Waals surface area contributed by atoms with Crippen molar-refractivity contribution in [1.29, 1.82) is 0 Å². The Morgan fingerprint density at radius 3 is 1.16 bits per heavy atom. The average Bonchev–Trinajstić information content (AvgIpc) is 0.766. The first-order valence-electron chi connectivity index (χ1n) is 36.8. The van der Waals surface area contributed by atoms with Crippen molar-refractivity contribution in [2.45, 2.75) is 238 Å². The fraction of sp³-hybridized carbons (Fsp3) is 0.519. The normalized spacial score (nSPS) is 17.2. The Kier molecular flexibility index (Phi) is 41.8. The van der Waals surface area contributed by atoms with Gasteiger partial charge in [0.1, 0.15) is 31.0 Å². The fourth-order valence-electron chi connectivity index (χ4n) is 11.7. The number of benzene rings is 6. The van der Waals surface area contributed by atoms with Crippen LogP contribution >= 0.6 is 15.6 Å². The van der Waals surface area contributed by atoms with Gasteiger partial charge in [0.25, 0.3) is 0 Å². The molecule has 1 aliphatic rings. The third-order valence-electron chi connectivity index (χ3n) is 17.6. The highest BCUT2D eigenvalue weighted by atomic mass is 31.2. The van der Waals surface area contributed by atoms with Gasteiger partial charge in [-0.3, -0.25) is 41.5 Å². The number of Topliss-reactive ketones (excluding diaryl/α,β-unsaturated/α-hetero) is 1. The molecule has 0 radical (unpaired) electrons. The number of carbonyl (C=O) groups is 3. The maximum atomic E-state index is 14.7. The van der Waals surface area contributed by atoms with Crippen molar-refractivity contribution in [1.82, 2.24) is 5.32 Å². The zero-order valence-electron chi connectivity index (χ0n) is 59.6. The number of aliphatic hydroxyl groups is 3. The summed E-state index contributed by atoms with van der Waals surface area (Å²) in [4.78, 5) is 36.3. The lowest BCUT2D eigenvalue weighted by Crippen LogP contribution is -2.62. The number of phosphoric acid groups is 2. The van der Waals surface area contributed by atoms with Gasteiger partial charge in [0.15, 0.2) is 11.9 Å². The zero-order valence-corrected chi connectivity index (χ0v) is 61.4. The molecule has 0 saturated heterocycles. The van der Waals surface area contributed by atoms with E-state index in [0.29, 0.717) is 41.6 Å². The van der Waals surface area contributed by atoms with Gasteiger partial charge in [-0.25, -0.2) is 9.13 Å². The van der Waals surface area contributed by atoms with E-state index in [9.17, 15) is 38.8 Å². The van der Waals surface area contributed by atoms with Crippen LogP contribution < -0.4 is 5.32 Å². The average molecular weight is 1430 g/mol. The Morgan fingerprint density at radius 2 is 0.762 bits per heavy atom. The molecule has 7 atom stereocenters. The van der Waals surface area contributed by atoms with Crippen LogP contribution in [0.15, 0.2) is 182 Å². The van der Waals surface area contributed by atoms with Gasteiger partial charge in [0, 0.05) is 24.3 Å². The maximum Gasteiger partial charge on any atom is 0.475 e. The lowest BCUT2D eigenvalue weighted by molar-refractivity contribution is -0.211. The van der Waals surface area contributed by atoms with E-state index in [0.717, 1.165) is 62.6 Å². The largest absolute Gasteiger partial charge is 0.475 e. The third kappa shape index (κ3) is 34.9. The summed E-state index contributed by atoms with van der Waals surface area (Å²) in [5.41, 5.74) is 4.35. The van der Waals surface area contributed by atoms with Crippen molar-refractivity contribution in [2.24, 2.45) is 5.92 Å². The Hall–Kier alpha value is -6.05. The lowest BCUT2D eigenvalue weighted by Gasteiger charge is -2.46. The van der Waals surface area contributed by atoms with Crippen molar-refractivity contribution >= 4 is 33.4 Å². The van der Waals surface area contributed by atoms with Crippen LogP contribution in [-0.4, -0.2) is 96.0 Å². The highest BCUT2D eigenvalue weighted by molar-refractivity contribution is 7.48. The van der Waals surface area contributed by atoms with Gasteiger partial charge in [-0.1, -0.05) is 318 Å². The molecule has 554 valence electrons. The summed E-state index contributed by atoms with van der Waals surface area (Å²) in [5, 5.41) is 36.2. The lowest BCUT2D eigenvalue weighted by atomic mass is 9.79. The first-order valence-corrected chi connectivity index (χ1v) is 39.8. The SMILES string of the molecule is CC1C(OCc2ccccc2)C(O)C(O)C(OP(=O)(OCc2ccccc2)OCc2ccccc2)C1OP(=O)(OCc1ccccc1)OCc1ccccc1.CCCCCCCCCCCCCCCC(=O)O[C@@H](CO)COC(=O)CCCCCCCCCCCNCC(=O)c1ccccc1. The number of nitrogens with one attached hydrogen (secondary N) is 1. The first kappa shape index (κ1) is 83.9. The number of hydrogen-bond donors (Lipinski definition) is 4. The molecule has 6 aromatic carbocycles. The van der Waals surface area contributed by atoms with E-state index in [2.05, 4.69) is 12.2 Å². The van der Waals surface area contributed by atoms with Crippen LogP contribution in [0, 0.1) is 5.92 Å². The number of hydrogen-bond acceptors (Lipinski definition) is 18. The second kappa shape index (κ2) is 50.4. The smallest absolute Gasteiger partial charge is 0.462 e. The van der Waals surface area contributed by atoms with Crippen LogP contribution in [0.5, 0.6) is 0 Å². The predicted octanol–water partition coefficient (Wildman–Crippen LogP) is 18.1. The number of phosphoric ester groups is 2. The monoisotopic (exact) mass is 1430 g/mol. The summed E-state index contributed by atoms with van der Waals surface area (Å²) in [6.45, 7) is 4.25. The van der Waals surface area contributed by atoms with E-state index in [1.807, 2.05) is 109 Å². The van der Waals surface area contributed by atoms with Gasteiger partial charge in [-0.2, -0.15) is 0 Å². The molecule has 1 fully saturated rings. The zero-order chi connectivity index (χ0) is 71.9. The molecule has 0 aromatic heterocycles. The molecule has 1 aliphatic carbocycles. The van der Waals surface area contributed by atoms with Crippen LogP contribution in [0.3, 0.4) is 0 Å². The highest BCUT2D eigenvalue weighted by Crippen LogP contribution is 2.58. The molecule has 6 aromatic rings. The quantitative estimate of drug-likeness (QED) is 0.0120. The van der Waals surface area contributed by atoms with E-state index in [4.69, 9.17) is 41.4 Å². The Balaban J connectivity index is 0.000000324. The number of rotatable bonds is 52. The molecule has 6 unspecified atom stereocenters. The van der Waals surface area contributed by atoms with Crippen molar-refractivity contribution in [2.75, 3.05) is 26.3 Å². The molecule has 0 aliphatic heterocycles. The van der Waals surface area contributed by atoms with Crippen molar-refractivity contribution < 1.29 is 80.2 Å². The summed E-state index contributed by atoms with van der Waals surface area (Å²) in [6.07, 6.45) is 18.7. The van der Waals surface area contributed by atoms with E-state index >= 15 is 0 Å². The number of aliphatic hydroxyl groups excluding tert-OH is 3. The van der Waals surface area contributed by atoms with Crippen LogP contribution in [0.2, 0.25) is 0 Å². The predicted molar refractivity (Wildman–Crippen MR) is 394 cm³/mol. The first-order chi connectivity index (χ1) is 49.3. The third-order valence-corrected chi connectivity index (χ3v) is 20.4. The van der Waals surface area contributed by atoms with Crippen molar-refractivity contribution in [3.63, 3.8) is 0 Å². The summed E-state index contributed by atoms with van der Waals surface area (Å²) in [7, 11) is -9.12. The Morgan fingerprint density at radius 1 is 0.426 bits per heavy atom.